The van der Waals surface area contributed by atoms with E-state index in [9.17, 15) is 14.8 Å². The second kappa shape index (κ2) is 9.60. The third-order valence-electron chi connectivity index (χ3n) is 5.61. The molecule has 2 saturated heterocycles. The molecular weight excluding hydrogens is 453 g/mol. The van der Waals surface area contributed by atoms with Crippen molar-refractivity contribution in [3.05, 3.63) is 62.9 Å². The summed E-state index contributed by atoms with van der Waals surface area (Å²) in [6.45, 7) is 2.03. The van der Waals surface area contributed by atoms with E-state index in [1.807, 2.05) is 6.07 Å². The molecule has 1 aromatic heterocycles. The molecule has 2 N–H and O–H groups in total. The zero-order valence-electron chi connectivity index (χ0n) is 16.9. The summed E-state index contributed by atoms with van der Waals surface area (Å²) in [6.07, 6.45) is 3.62. The average Bonchev–Trinajstić information content (AvgIpc) is 3.18. The third-order valence-corrected chi connectivity index (χ3v) is 7.91. The number of nitrogens with one attached hydrogen (secondary N) is 1. The Morgan fingerprint density at radius 2 is 2.03 bits per heavy atom. The van der Waals surface area contributed by atoms with Gasteiger partial charge in [-0.2, -0.15) is 0 Å². The van der Waals surface area contributed by atoms with Gasteiger partial charge < -0.3 is 0 Å². The van der Waals surface area contributed by atoms with Gasteiger partial charge >= 0.3 is 164 Å². The van der Waals surface area contributed by atoms with Crippen LogP contribution in [0.4, 0.5) is 0 Å². The fourth-order valence-corrected chi connectivity index (χ4v) is 5.91. The number of ether oxygens (including phenoxy) is 2. The Morgan fingerprint density at radius 3 is 2.83 bits per heavy atom. The van der Waals surface area contributed by atoms with Crippen molar-refractivity contribution in [3.8, 4) is 0 Å². The van der Waals surface area contributed by atoms with Gasteiger partial charge in [-0.15, -0.1) is 0 Å². The van der Waals surface area contributed by atoms with Crippen LogP contribution < -0.4 is 15.7 Å². The molecule has 0 spiro atoms. The molecule has 2 aliphatic rings. The van der Waals surface area contributed by atoms with Crippen LogP contribution in [0.1, 0.15) is 37.5 Å². The van der Waals surface area contributed by atoms with E-state index in [4.69, 9.17) is 9.47 Å². The first kappa shape index (κ1) is 21.5. The first-order valence-electron chi connectivity index (χ1n) is 10.3. The molecule has 4 unspecified atom stereocenters. The molecule has 2 aliphatic heterocycles. The molecule has 0 bridgehead atoms. The summed E-state index contributed by atoms with van der Waals surface area (Å²) < 4.78 is 14.6. The Kier molecular flexibility index (Phi) is 6.87. The number of unbranched alkanes of at least 4 members (excludes halogenated alkanes) is 1. The Labute approximate surface area is 180 Å². The molecule has 9 heteroatoms. The van der Waals surface area contributed by atoms with Crippen LogP contribution in [-0.4, -0.2) is 59.8 Å². The van der Waals surface area contributed by atoms with E-state index in [-0.39, 0.29) is 18.4 Å². The molecule has 0 saturated carbocycles. The number of rotatable bonds is 7. The van der Waals surface area contributed by atoms with Crippen LogP contribution in [0, 0.1) is 6.92 Å². The average molecular weight is 480 g/mol. The standard InChI is InChI=1S/C21H27N3O5Se/c1-14-12-23(21(26)22-20(14)25)19-11-16-17(29-19)13-28-18(24(16)27)9-5-6-10-30-15-7-3-2-4-8-15/h2-4,7-8,12,16-19,27H,5-6,9-11,13H2,1H3,(H,22,25,26). The third kappa shape index (κ3) is 4.77. The Balaban J connectivity index is 1.28. The molecule has 2 fully saturated rings. The molecule has 162 valence electrons. The predicted molar refractivity (Wildman–Crippen MR) is 112 cm³/mol. The van der Waals surface area contributed by atoms with Gasteiger partial charge in [-0.1, -0.05) is 0 Å². The number of aromatic amines is 1. The monoisotopic (exact) mass is 481 g/mol. The van der Waals surface area contributed by atoms with Gasteiger partial charge in [0.2, 0.25) is 0 Å². The number of hydroxylamine groups is 2. The van der Waals surface area contributed by atoms with Gasteiger partial charge in [0.15, 0.2) is 0 Å². The number of nitrogens with zero attached hydrogens (tertiary/aromatic N) is 2. The van der Waals surface area contributed by atoms with Gasteiger partial charge in [0.25, 0.3) is 5.56 Å². The second-order valence-corrected chi connectivity index (χ2v) is 10.2. The molecule has 3 heterocycles. The molecule has 30 heavy (non-hydrogen) atoms. The summed E-state index contributed by atoms with van der Waals surface area (Å²) in [7, 11) is 0. The fourth-order valence-electron chi connectivity index (χ4n) is 3.95. The molecule has 0 radical (unpaired) electrons. The number of H-pyrrole nitrogens is 1. The number of fused-ring (bicyclic) bond motifs is 1. The number of benzene rings is 1. The summed E-state index contributed by atoms with van der Waals surface area (Å²) >= 11 is 0.479. The van der Waals surface area contributed by atoms with Crippen LogP contribution in [0.5, 0.6) is 0 Å². The van der Waals surface area contributed by atoms with Crippen molar-refractivity contribution in [1.82, 2.24) is 14.6 Å². The van der Waals surface area contributed by atoms with Crippen molar-refractivity contribution >= 4 is 19.4 Å². The van der Waals surface area contributed by atoms with Crippen molar-refractivity contribution in [3.63, 3.8) is 0 Å². The topological polar surface area (TPSA) is 96.8 Å². The van der Waals surface area contributed by atoms with Crippen LogP contribution in [0.15, 0.2) is 46.1 Å². The summed E-state index contributed by atoms with van der Waals surface area (Å²) in [6, 6.07) is 10.3. The summed E-state index contributed by atoms with van der Waals surface area (Å²) in [5, 5.41) is 13.1. The Bertz CT molecular complexity index is 963. The van der Waals surface area contributed by atoms with E-state index in [1.54, 1.807) is 6.92 Å². The van der Waals surface area contributed by atoms with Crippen molar-refractivity contribution in [1.29, 1.82) is 0 Å². The maximum absolute atomic E-state index is 12.2. The molecule has 2 aromatic rings. The predicted octanol–water partition coefficient (Wildman–Crippen LogP) is 1.17. The molecule has 0 aliphatic carbocycles. The van der Waals surface area contributed by atoms with E-state index in [1.165, 1.54) is 25.6 Å². The minimum absolute atomic E-state index is 0.235. The van der Waals surface area contributed by atoms with Crippen LogP contribution in [0.2, 0.25) is 5.32 Å². The summed E-state index contributed by atoms with van der Waals surface area (Å²) in [5.74, 6) is 0. The van der Waals surface area contributed by atoms with Gasteiger partial charge in [0.05, 0.1) is 0 Å². The van der Waals surface area contributed by atoms with Gasteiger partial charge in [-0.25, -0.2) is 0 Å². The van der Waals surface area contributed by atoms with Crippen LogP contribution in [0.3, 0.4) is 0 Å². The second-order valence-electron chi connectivity index (χ2n) is 7.74. The Hall–Kier alpha value is -1.74. The number of aromatic nitrogens is 2. The first-order chi connectivity index (χ1) is 14.5. The van der Waals surface area contributed by atoms with Crippen molar-refractivity contribution in [2.75, 3.05) is 6.61 Å². The van der Waals surface area contributed by atoms with E-state index >= 15 is 0 Å². The SMILES string of the molecule is Cc1cn(C2CC3C(COC(CCCC[Se]c4ccccc4)N3O)O2)c(=O)[nH]c1=O. The molecule has 1 aromatic carbocycles. The fraction of sp³-hybridized carbons (Fsp3) is 0.524. The zero-order valence-corrected chi connectivity index (χ0v) is 18.6. The van der Waals surface area contributed by atoms with E-state index in [2.05, 4.69) is 29.2 Å². The molecule has 4 rings (SSSR count). The van der Waals surface area contributed by atoms with E-state index in [0.29, 0.717) is 33.5 Å². The molecule has 4 atom stereocenters. The summed E-state index contributed by atoms with van der Waals surface area (Å²) in [5.41, 5.74) is -0.455. The van der Waals surface area contributed by atoms with E-state index in [0.717, 1.165) is 19.3 Å². The van der Waals surface area contributed by atoms with Gasteiger partial charge in [0, 0.05) is 0 Å². The van der Waals surface area contributed by atoms with Crippen LogP contribution in [-0.2, 0) is 9.47 Å². The zero-order chi connectivity index (χ0) is 21.1. The van der Waals surface area contributed by atoms with Gasteiger partial charge in [0.1, 0.15) is 0 Å². The minimum Gasteiger partial charge on any atom is -0.269 e. The van der Waals surface area contributed by atoms with Crippen LogP contribution in [0.25, 0.3) is 0 Å². The van der Waals surface area contributed by atoms with Crippen molar-refractivity contribution < 1.29 is 14.7 Å². The quantitative estimate of drug-likeness (QED) is 0.456. The molecule has 0 amide bonds. The van der Waals surface area contributed by atoms with Crippen molar-refractivity contribution in [2.45, 2.75) is 62.5 Å². The van der Waals surface area contributed by atoms with Crippen LogP contribution >= 0.6 is 0 Å². The van der Waals surface area contributed by atoms with Gasteiger partial charge in [-0.05, 0) is 6.92 Å². The first-order valence-corrected chi connectivity index (χ1v) is 12.3. The number of hydrogen-bond acceptors (Lipinski definition) is 6. The van der Waals surface area contributed by atoms with E-state index < -0.39 is 17.5 Å². The normalized spacial score (nSPS) is 26.6. The minimum atomic E-state index is -0.534. The molecular formula is C21H27N3O5Se. The number of hydrogen-bond donors (Lipinski definition) is 2. The smallest absolute Gasteiger partial charge is 0.269 e. The summed E-state index contributed by atoms with van der Waals surface area (Å²) in [4.78, 5) is 26.1. The number of aryl methyl sites for hydroxylation is 1. The Morgan fingerprint density at radius 1 is 1.23 bits per heavy atom. The van der Waals surface area contributed by atoms with Crippen molar-refractivity contribution in [2.24, 2.45) is 0 Å². The molecule has 8 nitrogen and oxygen atoms in total. The maximum atomic E-state index is 12.2. The van der Waals surface area contributed by atoms with Gasteiger partial charge in [-0.3, -0.25) is 4.79 Å².